The third-order valence-corrected chi connectivity index (χ3v) is 3.62. The first-order valence-electron chi connectivity index (χ1n) is 6.45. The van der Waals surface area contributed by atoms with E-state index in [9.17, 15) is 4.79 Å². The van der Waals surface area contributed by atoms with Crippen molar-refractivity contribution in [1.82, 2.24) is 9.55 Å². The number of hydrogen-bond donors (Lipinski definition) is 0. The zero-order chi connectivity index (χ0) is 15.0. The molecule has 0 spiro atoms. The highest BCUT2D eigenvalue weighted by Crippen LogP contribution is 2.19. The van der Waals surface area contributed by atoms with E-state index in [-0.39, 0.29) is 0 Å². The Hall–Kier alpha value is -2.33. The fraction of sp³-hybridized carbons (Fsp3) is 0.125. The van der Waals surface area contributed by atoms with Crippen molar-refractivity contribution in [3.8, 4) is 5.75 Å². The van der Waals surface area contributed by atoms with Gasteiger partial charge in [0.25, 0.3) is 0 Å². The van der Waals surface area contributed by atoms with Crippen molar-refractivity contribution in [1.29, 1.82) is 0 Å². The number of benzene rings is 2. The lowest BCUT2D eigenvalue weighted by Gasteiger charge is -2.04. The summed E-state index contributed by atoms with van der Waals surface area (Å²) in [5.74, 6) is 0.942. The van der Waals surface area contributed by atoms with Crippen LogP contribution in [0.25, 0.3) is 11.0 Å². The molecule has 4 nitrogen and oxygen atoms in total. The summed E-state index contributed by atoms with van der Waals surface area (Å²) in [4.78, 5) is 16.6. The molecule has 0 aliphatic rings. The standard InChI is InChI=1S/C16H13ClN2O2/c1-10-18-14-9-11(3-8-15(14)19(10)2)16(20)21-13-6-4-12(17)5-7-13/h3-9H,1-2H3. The maximum Gasteiger partial charge on any atom is 0.343 e. The van der Waals surface area contributed by atoms with Crippen LogP contribution in [0.5, 0.6) is 5.75 Å². The largest absolute Gasteiger partial charge is 0.423 e. The van der Waals surface area contributed by atoms with Crippen LogP contribution in [-0.4, -0.2) is 15.5 Å². The molecule has 2 aromatic carbocycles. The Bertz CT molecular complexity index is 822. The summed E-state index contributed by atoms with van der Waals surface area (Å²) in [5, 5.41) is 0.597. The molecule has 5 heteroatoms. The van der Waals surface area contributed by atoms with E-state index in [2.05, 4.69) is 4.98 Å². The summed E-state index contributed by atoms with van der Waals surface area (Å²) < 4.78 is 7.29. The van der Waals surface area contributed by atoms with E-state index in [1.165, 1.54) is 0 Å². The Morgan fingerprint density at radius 3 is 2.62 bits per heavy atom. The fourth-order valence-electron chi connectivity index (χ4n) is 2.12. The molecule has 0 N–H and O–H groups in total. The molecule has 0 atom stereocenters. The number of ether oxygens (including phenoxy) is 1. The van der Waals surface area contributed by atoms with E-state index in [1.54, 1.807) is 36.4 Å². The molecule has 3 aromatic rings. The van der Waals surface area contributed by atoms with Crippen molar-refractivity contribution in [3.63, 3.8) is 0 Å². The van der Waals surface area contributed by atoms with Gasteiger partial charge in [0.1, 0.15) is 11.6 Å². The molecule has 1 aromatic heterocycles. The van der Waals surface area contributed by atoms with Crippen molar-refractivity contribution >= 4 is 28.6 Å². The summed E-state index contributed by atoms with van der Waals surface area (Å²) in [5.41, 5.74) is 2.23. The van der Waals surface area contributed by atoms with Crippen molar-refractivity contribution in [2.45, 2.75) is 6.92 Å². The van der Waals surface area contributed by atoms with Crippen LogP contribution in [0.4, 0.5) is 0 Å². The number of rotatable bonds is 2. The lowest BCUT2D eigenvalue weighted by Crippen LogP contribution is -2.08. The van der Waals surface area contributed by atoms with E-state index < -0.39 is 5.97 Å². The fourth-order valence-corrected chi connectivity index (χ4v) is 2.24. The highest BCUT2D eigenvalue weighted by Gasteiger charge is 2.12. The number of carbonyl (C=O) groups excluding carboxylic acids is 1. The van der Waals surface area contributed by atoms with Gasteiger partial charge in [0.15, 0.2) is 0 Å². The van der Waals surface area contributed by atoms with Gasteiger partial charge in [-0.25, -0.2) is 9.78 Å². The first kappa shape index (κ1) is 13.6. The number of aryl methyl sites for hydroxylation is 2. The number of esters is 1. The van der Waals surface area contributed by atoms with Crippen LogP contribution in [0.3, 0.4) is 0 Å². The minimum atomic E-state index is -0.414. The number of halogens is 1. The zero-order valence-corrected chi connectivity index (χ0v) is 12.4. The number of hydrogen-bond acceptors (Lipinski definition) is 3. The van der Waals surface area contributed by atoms with Crippen LogP contribution < -0.4 is 4.74 Å². The number of imidazole rings is 1. The van der Waals surface area contributed by atoms with Crippen molar-refractivity contribution in [3.05, 3.63) is 58.9 Å². The molecular formula is C16H13ClN2O2. The Morgan fingerprint density at radius 2 is 1.90 bits per heavy atom. The van der Waals surface area contributed by atoms with E-state index in [0.717, 1.165) is 16.9 Å². The minimum absolute atomic E-state index is 0.414. The molecule has 0 fully saturated rings. The van der Waals surface area contributed by atoms with Gasteiger partial charge in [-0.1, -0.05) is 11.6 Å². The normalized spacial score (nSPS) is 10.8. The second-order valence-electron chi connectivity index (χ2n) is 4.76. The second kappa shape index (κ2) is 5.22. The number of fused-ring (bicyclic) bond motifs is 1. The van der Waals surface area contributed by atoms with Crippen molar-refractivity contribution < 1.29 is 9.53 Å². The predicted octanol–water partition coefficient (Wildman–Crippen LogP) is 3.75. The average Bonchev–Trinajstić information content (AvgIpc) is 2.76. The van der Waals surface area contributed by atoms with Gasteiger partial charge in [0, 0.05) is 12.1 Å². The van der Waals surface area contributed by atoms with Gasteiger partial charge >= 0.3 is 5.97 Å². The highest BCUT2D eigenvalue weighted by atomic mass is 35.5. The highest BCUT2D eigenvalue weighted by molar-refractivity contribution is 6.30. The number of aromatic nitrogens is 2. The van der Waals surface area contributed by atoms with Crippen LogP contribution in [0.1, 0.15) is 16.2 Å². The maximum absolute atomic E-state index is 12.1. The summed E-state index contributed by atoms with van der Waals surface area (Å²) >= 11 is 5.80. The molecule has 0 saturated heterocycles. The Labute approximate surface area is 126 Å². The minimum Gasteiger partial charge on any atom is -0.423 e. The topological polar surface area (TPSA) is 44.1 Å². The first-order valence-corrected chi connectivity index (χ1v) is 6.83. The molecule has 0 bridgehead atoms. The van der Waals surface area contributed by atoms with Crippen molar-refractivity contribution in [2.75, 3.05) is 0 Å². The van der Waals surface area contributed by atoms with Gasteiger partial charge < -0.3 is 9.30 Å². The Kier molecular flexibility index (Phi) is 3.39. The van der Waals surface area contributed by atoms with E-state index in [4.69, 9.17) is 16.3 Å². The van der Waals surface area contributed by atoms with Gasteiger partial charge in [-0.2, -0.15) is 0 Å². The van der Waals surface area contributed by atoms with Gasteiger partial charge in [0.2, 0.25) is 0 Å². The summed E-state index contributed by atoms with van der Waals surface area (Å²) in [6.45, 7) is 1.92. The first-order chi connectivity index (χ1) is 10.0. The molecule has 0 amide bonds. The molecule has 106 valence electrons. The smallest absolute Gasteiger partial charge is 0.343 e. The van der Waals surface area contributed by atoms with Gasteiger partial charge in [0.05, 0.1) is 16.6 Å². The SMILES string of the molecule is Cc1nc2cc(C(=O)Oc3ccc(Cl)cc3)ccc2n1C. The van der Waals surface area contributed by atoms with Gasteiger partial charge in [-0.05, 0) is 49.4 Å². The van der Waals surface area contributed by atoms with E-state index in [1.807, 2.05) is 24.6 Å². The molecular weight excluding hydrogens is 288 g/mol. The third-order valence-electron chi connectivity index (χ3n) is 3.36. The summed E-state index contributed by atoms with van der Waals surface area (Å²) in [6, 6.07) is 12.0. The Morgan fingerprint density at radius 1 is 1.19 bits per heavy atom. The molecule has 0 radical (unpaired) electrons. The van der Waals surface area contributed by atoms with Crippen LogP contribution in [0.15, 0.2) is 42.5 Å². The Balaban J connectivity index is 1.89. The average molecular weight is 301 g/mol. The molecule has 1 heterocycles. The summed E-state index contributed by atoms with van der Waals surface area (Å²) in [6.07, 6.45) is 0. The monoisotopic (exact) mass is 300 g/mol. The molecule has 0 saturated carbocycles. The quantitative estimate of drug-likeness (QED) is 0.535. The van der Waals surface area contributed by atoms with Crippen LogP contribution in [0.2, 0.25) is 5.02 Å². The molecule has 0 aliphatic carbocycles. The van der Waals surface area contributed by atoms with Crippen LogP contribution in [-0.2, 0) is 7.05 Å². The van der Waals surface area contributed by atoms with E-state index in [0.29, 0.717) is 16.3 Å². The molecule has 0 unspecified atom stereocenters. The second-order valence-corrected chi connectivity index (χ2v) is 5.20. The van der Waals surface area contributed by atoms with Gasteiger partial charge in [-0.15, -0.1) is 0 Å². The predicted molar refractivity (Wildman–Crippen MR) is 81.9 cm³/mol. The zero-order valence-electron chi connectivity index (χ0n) is 11.6. The van der Waals surface area contributed by atoms with Crippen molar-refractivity contribution in [2.24, 2.45) is 7.05 Å². The molecule has 3 rings (SSSR count). The lowest BCUT2D eigenvalue weighted by atomic mass is 10.2. The van der Waals surface area contributed by atoms with Gasteiger partial charge in [-0.3, -0.25) is 0 Å². The van der Waals surface area contributed by atoms with E-state index >= 15 is 0 Å². The third kappa shape index (κ3) is 2.62. The molecule has 21 heavy (non-hydrogen) atoms. The lowest BCUT2D eigenvalue weighted by molar-refractivity contribution is 0.0735. The van der Waals surface area contributed by atoms with Crippen LogP contribution in [0, 0.1) is 6.92 Å². The van der Waals surface area contributed by atoms with Crippen LogP contribution >= 0.6 is 11.6 Å². The number of nitrogens with zero attached hydrogens (tertiary/aromatic N) is 2. The maximum atomic E-state index is 12.1. The number of carbonyl (C=O) groups is 1. The summed E-state index contributed by atoms with van der Waals surface area (Å²) in [7, 11) is 1.94. The molecule has 0 aliphatic heterocycles.